The van der Waals surface area contributed by atoms with E-state index in [-0.39, 0.29) is 23.9 Å². The normalized spacial score (nSPS) is 16.0. The van der Waals surface area contributed by atoms with E-state index in [9.17, 15) is 21.6 Å². The molecule has 43 heavy (non-hydrogen) atoms. The smallest absolute Gasteiger partial charge is 0.416 e. The molecule has 0 aromatic heterocycles. The Morgan fingerprint density at radius 2 is 1.49 bits per heavy atom. The number of alkyl halides is 3. The third-order valence-corrected chi connectivity index (χ3v) is 14.8. The van der Waals surface area contributed by atoms with Crippen molar-refractivity contribution in [2.45, 2.75) is 43.0 Å². The fraction of sp³-hybridized carbons (Fsp3) is 0.250. The summed E-state index contributed by atoms with van der Waals surface area (Å²) in [5.41, 5.74) is -0.809. The Labute approximate surface area is 259 Å². The van der Waals surface area contributed by atoms with Crippen LogP contribution in [0.4, 0.5) is 18.9 Å². The summed E-state index contributed by atoms with van der Waals surface area (Å²) in [5.74, 6) is 0.293. The van der Waals surface area contributed by atoms with Gasteiger partial charge in [-0.2, -0.15) is 13.2 Å². The van der Waals surface area contributed by atoms with E-state index in [1.807, 2.05) is 36.4 Å². The molecule has 1 atom stereocenters. The Morgan fingerprint density at radius 3 is 2.05 bits per heavy atom. The quantitative estimate of drug-likeness (QED) is 0.196. The van der Waals surface area contributed by atoms with Crippen molar-refractivity contribution in [3.63, 3.8) is 0 Å². The first-order valence-corrected chi connectivity index (χ1v) is 17.8. The van der Waals surface area contributed by atoms with Crippen LogP contribution in [0.1, 0.15) is 26.3 Å². The van der Waals surface area contributed by atoms with Crippen LogP contribution in [0.3, 0.4) is 0 Å². The molecule has 0 spiro atoms. The van der Waals surface area contributed by atoms with Crippen molar-refractivity contribution in [3.8, 4) is 5.75 Å². The molecule has 0 aliphatic carbocycles. The fourth-order valence-corrected chi connectivity index (χ4v) is 12.0. The number of hydrogen-bond acceptors (Lipinski definition) is 4. The van der Waals surface area contributed by atoms with Gasteiger partial charge in [0.1, 0.15) is 11.9 Å². The van der Waals surface area contributed by atoms with Crippen LogP contribution in [-0.4, -0.2) is 36.0 Å². The van der Waals surface area contributed by atoms with E-state index in [1.54, 1.807) is 18.2 Å². The first-order valence-electron chi connectivity index (χ1n) is 13.6. The summed E-state index contributed by atoms with van der Waals surface area (Å²) in [4.78, 5) is -0.457. The van der Waals surface area contributed by atoms with Gasteiger partial charge in [0.2, 0.25) is 0 Å². The topological polar surface area (TPSA) is 55.8 Å². The lowest BCUT2D eigenvalue weighted by Gasteiger charge is -2.44. The number of ether oxygens (including phenoxy) is 1. The maximum atomic E-state index is 13.9. The third kappa shape index (κ3) is 6.13. The molecule has 1 heterocycles. The summed E-state index contributed by atoms with van der Waals surface area (Å²) < 4.78 is 83.4. The summed E-state index contributed by atoms with van der Waals surface area (Å²) in [7, 11) is -7.38. The number of halogens is 4. The molecule has 0 saturated heterocycles. The van der Waals surface area contributed by atoms with Gasteiger partial charge >= 0.3 is 6.18 Å². The van der Waals surface area contributed by atoms with Gasteiger partial charge in [-0.25, -0.2) is 8.42 Å². The summed E-state index contributed by atoms with van der Waals surface area (Å²) in [6.45, 7) is 6.31. The molecular formula is C32H31BrF3NO4SSi. The Hall–Kier alpha value is -3.12. The molecule has 0 fully saturated rings. The second kappa shape index (κ2) is 11.8. The largest absolute Gasteiger partial charge is 0.484 e. The Bertz CT molecular complexity index is 1660. The number of rotatable bonds is 7. The zero-order valence-electron chi connectivity index (χ0n) is 23.8. The lowest BCUT2D eigenvalue weighted by molar-refractivity contribution is -0.137. The van der Waals surface area contributed by atoms with Gasteiger partial charge in [-0.1, -0.05) is 103 Å². The lowest BCUT2D eigenvalue weighted by atomic mass is 10.2. The van der Waals surface area contributed by atoms with E-state index in [0.717, 1.165) is 26.8 Å². The molecule has 226 valence electrons. The number of benzene rings is 4. The average molecular weight is 691 g/mol. The standard InChI is InChI=1S/C32H31BrF3NO4SSi/c1-31(2,3)43(27-13-6-4-7-14-27,28-15-8-5-9-16-28)40-22-25-21-37(29-20-24(33)17-18-30(29)41-25)42(38,39)26-12-10-11-23(19-26)32(34,35)36/h4-20,25H,21-22H2,1-3H3/t25-/m1/s1. The van der Waals surface area contributed by atoms with Crippen molar-refractivity contribution in [2.24, 2.45) is 0 Å². The Kier molecular flexibility index (Phi) is 8.56. The number of anilines is 1. The summed E-state index contributed by atoms with van der Waals surface area (Å²) >= 11 is 3.38. The minimum Gasteiger partial charge on any atom is -0.484 e. The maximum absolute atomic E-state index is 13.9. The Morgan fingerprint density at radius 1 is 0.884 bits per heavy atom. The van der Waals surface area contributed by atoms with Crippen molar-refractivity contribution in [2.75, 3.05) is 17.5 Å². The molecule has 0 amide bonds. The van der Waals surface area contributed by atoms with Crippen LogP contribution in [0.15, 0.2) is 112 Å². The molecule has 0 saturated carbocycles. The van der Waals surface area contributed by atoms with E-state index in [2.05, 4.69) is 61.0 Å². The monoisotopic (exact) mass is 689 g/mol. The van der Waals surface area contributed by atoms with Gasteiger partial charge in [-0.05, 0) is 51.8 Å². The van der Waals surface area contributed by atoms with E-state index in [4.69, 9.17) is 9.16 Å². The van der Waals surface area contributed by atoms with Crippen LogP contribution < -0.4 is 19.4 Å². The first kappa shape index (κ1) is 31.3. The molecule has 1 aliphatic heterocycles. The molecule has 0 bridgehead atoms. The molecule has 0 radical (unpaired) electrons. The molecule has 5 nitrogen and oxygen atoms in total. The van der Waals surface area contributed by atoms with Crippen molar-refractivity contribution in [1.82, 2.24) is 0 Å². The number of sulfonamides is 1. The van der Waals surface area contributed by atoms with Crippen LogP contribution in [0.5, 0.6) is 5.75 Å². The molecule has 0 N–H and O–H groups in total. The minimum atomic E-state index is -4.69. The van der Waals surface area contributed by atoms with Gasteiger partial charge in [-0.15, -0.1) is 0 Å². The highest BCUT2D eigenvalue weighted by atomic mass is 79.9. The van der Waals surface area contributed by atoms with Crippen molar-refractivity contribution in [1.29, 1.82) is 0 Å². The van der Waals surface area contributed by atoms with Crippen LogP contribution in [0.2, 0.25) is 5.04 Å². The molecule has 4 aromatic rings. The number of hydrogen-bond donors (Lipinski definition) is 0. The highest BCUT2D eigenvalue weighted by Gasteiger charge is 2.51. The van der Waals surface area contributed by atoms with Gasteiger partial charge in [0, 0.05) is 4.47 Å². The average Bonchev–Trinajstić information content (AvgIpc) is 2.97. The van der Waals surface area contributed by atoms with Crippen LogP contribution in [0.25, 0.3) is 0 Å². The first-order chi connectivity index (χ1) is 20.2. The van der Waals surface area contributed by atoms with Crippen molar-refractivity contribution < 1.29 is 30.8 Å². The molecular weight excluding hydrogens is 659 g/mol. The van der Waals surface area contributed by atoms with Gasteiger partial charge < -0.3 is 9.16 Å². The van der Waals surface area contributed by atoms with E-state index < -0.39 is 41.1 Å². The second-order valence-electron chi connectivity index (χ2n) is 11.4. The number of fused-ring (bicyclic) bond motifs is 1. The Balaban J connectivity index is 1.55. The molecule has 4 aromatic carbocycles. The summed E-state index contributed by atoms with van der Waals surface area (Å²) in [6.07, 6.45) is -5.43. The van der Waals surface area contributed by atoms with E-state index in [0.29, 0.717) is 16.3 Å². The molecule has 1 aliphatic rings. The summed E-state index contributed by atoms with van der Waals surface area (Å²) in [5, 5.41) is 1.79. The van der Waals surface area contributed by atoms with Crippen LogP contribution >= 0.6 is 15.9 Å². The van der Waals surface area contributed by atoms with Gasteiger partial charge in [0.25, 0.3) is 18.3 Å². The van der Waals surface area contributed by atoms with Gasteiger partial charge in [0.15, 0.2) is 0 Å². The lowest BCUT2D eigenvalue weighted by Crippen LogP contribution is -2.67. The SMILES string of the molecule is CC(C)(C)[Si](OC[C@H]1CN(S(=O)(=O)c2cccc(C(F)(F)F)c2)c2cc(Br)ccc2O1)(c1ccccc1)c1ccccc1. The molecule has 5 rings (SSSR count). The fourth-order valence-electron chi connectivity index (χ4n) is 5.54. The van der Waals surface area contributed by atoms with Crippen LogP contribution in [-0.2, 0) is 20.6 Å². The second-order valence-corrected chi connectivity index (χ2v) is 18.5. The molecule has 0 unspecified atom stereocenters. The highest BCUT2D eigenvalue weighted by molar-refractivity contribution is 9.10. The third-order valence-electron chi connectivity index (χ3n) is 7.50. The summed E-state index contributed by atoms with van der Waals surface area (Å²) in [6, 6.07) is 28.8. The zero-order valence-corrected chi connectivity index (χ0v) is 27.2. The highest BCUT2D eigenvalue weighted by Crippen LogP contribution is 2.41. The van der Waals surface area contributed by atoms with Gasteiger partial charge in [-0.3, -0.25) is 4.31 Å². The predicted molar refractivity (Wildman–Crippen MR) is 168 cm³/mol. The maximum Gasteiger partial charge on any atom is 0.416 e. The molecule has 11 heteroatoms. The van der Waals surface area contributed by atoms with E-state index in [1.165, 1.54) is 6.07 Å². The zero-order chi connectivity index (χ0) is 31.0. The van der Waals surface area contributed by atoms with E-state index >= 15 is 0 Å². The minimum absolute atomic E-state index is 0.0530. The predicted octanol–water partition coefficient (Wildman–Crippen LogP) is 7.00. The van der Waals surface area contributed by atoms with Crippen LogP contribution in [0, 0.1) is 0 Å². The number of nitrogens with zero attached hydrogens (tertiary/aromatic N) is 1. The van der Waals surface area contributed by atoms with Crippen molar-refractivity contribution in [3.05, 3.63) is 113 Å². The van der Waals surface area contributed by atoms with Crippen molar-refractivity contribution >= 4 is 50.3 Å². The van der Waals surface area contributed by atoms with Gasteiger partial charge in [0.05, 0.1) is 29.3 Å².